The Balaban J connectivity index is 1.44. The minimum atomic E-state index is -0.529. The highest BCUT2D eigenvalue weighted by molar-refractivity contribution is 7.99. The van der Waals surface area contributed by atoms with Crippen molar-refractivity contribution < 1.29 is 14.6 Å². The highest BCUT2D eigenvalue weighted by Gasteiger charge is 2.38. The fraction of sp³-hybridized carbons (Fsp3) is 0.267. The van der Waals surface area contributed by atoms with E-state index in [1.54, 1.807) is 24.2 Å². The van der Waals surface area contributed by atoms with Gasteiger partial charge >= 0.3 is 0 Å². The van der Waals surface area contributed by atoms with Gasteiger partial charge in [-0.1, -0.05) is 79.3 Å². The van der Waals surface area contributed by atoms with Gasteiger partial charge in [-0.2, -0.15) is 0 Å². The standard InChI is InChI=1S/C30H31N3O3S/c1-20-27(19-37-30-32-13-4-14-33-30)35-29(36-28(20)23-11-9-21(18-34)10-12-23)26-8-3-7-25(16-26)24-6-2-5-22(15-24)17-31/h2-16,20,27-29,34H,17-19,31H2,1H3/t20-,27+,28+,29+/m1/s1. The van der Waals surface area contributed by atoms with Crippen LogP contribution in [0.2, 0.25) is 0 Å². The summed E-state index contributed by atoms with van der Waals surface area (Å²) in [6.45, 7) is 2.68. The number of benzene rings is 3. The van der Waals surface area contributed by atoms with Gasteiger partial charge < -0.3 is 20.3 Å². The molecule has 0 spiro atoms. The van der Waals surface area contributed by atoms with Crippen molar-refractivity contribution in [1.82, 2.24) is 9.97 Å². The van der Waals surface area contributed by atoms with E-state index in [0.717, 1.165) is 38.5 Å². The molecule has 0 aliphatic carbocycles. The third-order valence-corrected chi connectivity index (χ3v) is 7.66. The van der Waals surface area contributed by atoms with Crippen molar-refractivity contribution in [2.75, 3.05) is 5.75 Å². The third kappa shape index (κ3) is 6.09. The van der Waals surface area contributed by atoms with E-state index >= 15 is 0 Å². The number of ether oxygens (including phenoxy) is 2. The van der Waals surface area contributed by atoms with Gasteiger partial charge in [0.15, 0.2) is 11.4 Å². The first-order valence-corrected chi connectivity index (χ1v) is 13.4. The van der Waals surface area contributed by atoms with E-state index in [-0.39, 0.29) is 24.7 Å². The number of hydrogen-bond acceptors (Lipinski definition) is 7. The first-order chi connectivity index (χ1) is 18.1. The van der Waals surface area contributed by atoms with E-state index in [9.17, 15) is 5.11 Å². The first kappa shape index (κ1) is 25.6. The average Bonchev–Trinajstić information content (AvgIpc) is 2.97. The van der Waals surface area contributed by atoms with Crippen LogP contribution >= 0.6 is 11.8 Å². The van der Waals surface area contributed by atoms with Crippen LogP contribution in [0.15, 0.2) is 96.4 Å². The van der Waals surface area contributed by atoms with Crippen molar-refractivity contribution in [3.05, 3.63) is 114 Å². The lowest BCUT2D eigenvalue weighted by Crippen LogP contribution is -2.38. The fourth-order valence-corrected chi connectivity index (χ4v) is 5.54. The van der Waals surface area contributed by atoms with Crippen LogP contribution in [0, 0.1) is 5.92 Å². The zero-order valence-corrected chi connectivity index (χ0v) is 21.6. The van der Waals surface area contributed by atoms with Crippen LogP contribution in [-0.4, -0.2) is 26.9 Å². The summed E-state index contributed by atoms with van der Waals surface area (Å²) in [6, 6.07) is 26.4. The second kappa shape index (κ2) is 12.0. The molecule has 0 unspecified atom stereocenters. The van der Waals surface area contributed by atoms with Crippen LogP contribution in [0.1, 0.15) is 41.6 Å². The van der Waals surface area contributed by atoms with Crippen molar-refractivity contribution in [3.63, 3.8) is 0 Å². The van der Waals surface area contributed by atoms with E-state index in [0.29, 0.717) is 12.3 Å². The summed E-state index contributed by atoms with van der Waals surface area (Å²) >= 11 is 1.59. The molecule has 1 aliphatic heterocycles. The number of aliphatic hydroxyl groups excluding tert-OH is 1. The molecular weight excluding hydrogens is 482 g/mol. The Morgan fingerprint density at radius 3 is 2.30 bits per heavy atom. The molecule has 1 saturated heterocycles. The van der Waals surface area contributed by atoms with Crippen molar-refractivity contribution in [2.24, 2.45) is 11.7 Å². The summed E-state index contributed by atoms with van der Waals surface area (Å²) < 4.78 is 13.2. The predicted molar refractivity (Wildman–Crippen MR) is 145 cm³/mol. The second-order valence-electron chi connectivity index (χ2n) is 9.19. The number of nitrogens with zero attached hydrogens (tertiary/aromatic N) is 2. The predicted octanol–water partition coefficient (Wildman–Crippen LogP) is 5.68. The highest BCUT2D eigenvalue weighted by atomic mass is 32.2. The summed E-state index contributed by atoms with van der Waals surface area (Å²) in [6.07, 6.45) is 2.72. The Morgan fingerprint density at radius 1 is 0.838 bits per heavy atom. The average molecular weight is 514 g/mol. The van der Waals surface area contributed by atoms with Gasteiger partial charge in [0, 0.05) is 36.2 Å². The van der Waals surface area contributed by atoms with Crippen LogP contribution in [0.5, 0.6) is 0 Å². The summed E-state index contributed by atoms with van der Waals surface area (Å²) in [4.78, 5) is 8.71. The zero-order chi connectivity index (χ0) is 25.6. The number of nitrogens with two attached hydrogens (primary N) is 1. The van der Waals surface area contributed by atoms with Crippen molar-refractivity contribution >= 4 is 11.8 Å². The largest absolute Gasteiger partial charge is 0.392 e. The van der Waals surface area contributed by atoms with Crippen LogP contribution in [-0.2, 0) is 22.6 Å². The molecule has 5 rings (SSSR count). The Hall–Kier alpha value is -3.07. The molecule has 4 aromatic rings. The lowest BCUT2D eigenvalue weighted by molar-refractivity contribution is -0.268. The zero-order valence-electron chi connectivity index (χ0n) is 20.7. The molecule has 0 saturated carbocycles. The summed E-state index contributed by atoms with van der Waals surface area (Å²) in [7, 11) is 0. The Bertz CT molecular complexity index is 1300. The van der Waals surface area contributed by atoms with Crippen LogP contribution in [0.4, 0.5) is 0 Å². The first-order valence-electron chi connectivity index (χ1n) is 12.4. The monoisotopic (exact) mass is 513 g/mol. The van der Waals surface area contributed by atoms with Crippen LogP contribution in [0.3, 0.4) is 0 Å². The molecule has 0 radical (unpaired) electrons. The maximum Gasteiger partial charge on any atom is 0.187 e. The summed E-state index contributed by atoms with van der Waals surface area (Å²) in [5.74, 6) is 0.797. The quantitative estimate of drug-likeness (QED) is 0.231. The molecular formula is C30H31N3O3S. The molecule has 2 heterocycles. The number of aromatic nitrogens is 2. The van der Waals surface area contributed by atoms with Crippen molar-refractivity contribution in [3.8, 4) is 11.1 Å². The number of thioether (sulfide) groups is 1. The van der Waals surface area contributed by atoms with Gasteiger partial charge in [0.2, 0.25) is 0 Å². The van der Waals surface area contributed by atoms with Crippen molar-refractivity contribution in [1.29, 1.82) is 0 Å². The molecule has 4 atom stereocenters. The molecule has 190 valence electrons. The van der Waals surface area contributed by atoms with E-state index in [4.69, 9.17) is 15.2 Å². The lowest BCUT2D eigenvalue weighted by Gasteiger charge is -2.41. The van der Waals surface area contributed by atoms with E-state index in [1.807, 2.05) is 54.6 Å². The highest BCUT2D eigenvalue weighted by Crippen LogP contribution is 2.43. The smallest absolute Gasteiger partial charge is 0.187 e. The molecule has 3 aromatic carbocycles. The van der Waals surface area contributed by atoms with Gasteiger partial charge in [-0.15, -0.1) is 0 Å². The van der Waals surface area contributed by atoms with Crippen LogP contribution < -0.4 is 5.73 Å². The van der Waals surface area contributed by atoms with Crippen molar-refractivity contribution in [2.45, 2.75) is 43.7 Å². The van der Waals surface area contributed by atoms with E-state index in [1.165, 1.54) is 0 Å². The Morgan fingerprint density at radius 2 is 1.57 bits per heavy atom. The normalized spacial score (nSPS) is 21.6. The van der Waals surface area contributed by atoms with Crippen LogP contribution in [0.25, 0.3) is 11.1 Å². The van der Waals surface area contributed by atoms with Gasteiger partial charge in [0.05, 0.1) is 18.8 Å². The summed E-state index contributed by atoms with van der Waals surface area (Å²) in [5, 5.41) is 10.2. The van der Waals surface area contributed by atoms with Gasteiger partial charge in [0.1, 0.15) is 0 Å². The van der Waals surface area contributed by atoms with Gasteiger partial charge in [0.25, 0.3) is 0 Å². The molecule has 3 N–H and O–H groups in total. The molecule has 37 heavy (non-hydrogen) atoms. The number of rotatable bonds is 8. The number of aliphatic hydroxyl groups is 1. The molecule has 1 aliphatic rings. The maximum absolute atomic E-state index is 9.48. The molecule has 1 aromatic heterocycles. The Labute approximate surface area is 221 Å². The fourth-order valence-electron chi connectivity index (χ4n) is 4.57. The minimum Gasteiger partial charge on any atom is -0.392 e. The maximum atomic E-state index is 9.48. The lowest BCUT2D eigenvalue weighted by atomic mass is 9.91. The second-order valence-corrected chi connectivity index (χ2v) is 10.2. The van der Waals surface area contributed by atoms with Gasteiger partial charge in [-0.05, 0) is 46.0 Å². The molecule has 7 heteroatoms. The molecule has 0 amide bonds. The SMILES string of the molecule is C[C@@H]1[C@H](CSc2ncccn2)O[C@H](c2cccc(-c3cccc(CN)c3)c2)O[C@@H]1c1ccc(CO)cc1. The van der Waals surface area contributed by atoms with E-state index < -0.39 is 6.29 Å². The van der Waals surface area contributed by atoms with Gasteiger partial charge in [-0.25, -0.2) is 9.97 Å². The minimum absolute atomic E-state index is 0.0155. The van der Waals surface area contributed by atoms with E-state index in [2.05, 4.69) is 41.2 Å². The summed E-state index contributed by atoms with van der Waals surface area (Å²) in [5.41, 5.74) is 12.1. The van der Waals surface area contributed by atoms with Gasteiger partial charge in [-0.3, -0.25) is 0 Å². The number of hydrogen-bond donors (Lipinski definition) is 2. The molecule has 0 bridgehead atoms. The molecule has 6 nitrogen and oxygen atoms in total. The third-order valence-electron chi connectivity index (χ3n) is 6.70. The molecule has 1 fully saturated rings. The topological polar surface area (TPSA) is 90.5 Å². The Kier molecular flexibility index (Phi) is 8.28.